The Balaban J connectivity index is 1.12. The molecule has 372 valence electrons. The van der Waals surface area contributed by atoms with E-state index in [2.05, 4.69) is 89.2 Å². The van der Waals surface area contributed by atoms with Gasteiger partial charge in [0, 0.05) is 81.4 Å². The van der Waals surface area contributed by atoms with E-state index in [4.69, 9.17) is 14.5 Å². The van der Waals surface area contributed by atoms with Crippen molar-refractivity contribution in [3.05, 3.63) is 77.6 Å². The number of hydrazine groups is 1. The molecule has 70 heavy (non-hydrogen) atoms. The zero-order valence-corrected chi connectivity index (χ0v) is 42.3. The normalized spacial score (nSPS) is 22.6. The highest BCUT2D eigenvalue weighted by Crippen LogP contribution is 2.42. The van der Waals surface area contributed by atoms with Crippen LogP contribution in [-0.2, 0) is 52.8 Å². The maximum atomic E-state index is 14.8. The maximum absolute atomic E-state index is 14.8. The lowest BCUT2D eigenvalue weighted by molar-refractivity contribution is -0.155. The first-order valence-electron chi connectivity index (χ1n) is 25.0. The van der Waals surface area contributed by atoms with Gasteiger partial charge in [0.25, 0.3) is 11.8 Å². The van der Waals surface area contributed by atoms with Gasteiger partial charge in [-0.25, -0.2) is 5.43 Å². The number of pyridine rings is 1. The number of benzene rings is 2. The molecule has 0 spiro atoms. The number of hydrogen-bond donors (Lipinski definition) is 2. The Kier molecular flexibility index (Phi) is 15.2. The maximum Gasteiger partial charge on any atom is 0.324 e. The zero-order valence-electron chi connectivity index (χ0n) is 42.3. The molecule has 4 aromatic rings. The van der Waals surface area contributed by atoms with Crippen LogP contribution in [0.25, 0.3) is 33.3 Å². The molecule has 3 fully saturated rings. The second-order valence-corrected chi connectivity index (χ2v) is 20.8. The third-order valence-corrected chi connectivity index (χ3v) is 14.8. The van der Waals surface area contributed by atoms with Gasteiger partial charge >= 0.3 is 5.97 Å². The number of amides is 4. The number of likely N-dealkylation sites (tertiary alicyclic amines) is 2. The monoisotopic (exact) mass is 955 g/mol. The summed E-state index contributed by atoms with van der Waals surface area (Å²) in [5, 5.41) is 5.60. The molecule has 4 aliphatic heterocycles. The number of rotatable bonds is 9. The molecular weight excluding hydrogens is 885 g/mol. The minimum absolute atomic E-state index is 0.0750. The quantitative estimate of drug-likeness (QED) is 0.156. The highest BCUT2D eigenvalue weighted by Gasteiger charge is 2.40. The van der Waals surface area contributed by atoms with Crippen LogP contribution in [-0.4, -0.2) is 137 Å². The van der Waals surface area contributed by atoms with E-state index in [9.17, 15) is 24.0 Å². The third kappa shape index (κ3) is 10.5. The molecule has 0 unspecified atom stereocenters. The number of hydrogen-bond acceptors (Lipinski definition) is 10. The molecule has 2 aromatic heterocycles. The van der Waals surface area contributed by atoms with Crippen molar-refractivity contribution in [2.75, 3.05) is 54.0 Å². The Hall–Kier alpha value is -6.08. The lowest BCUT2D eigenvalue weighted by atomic mass is 9.84. The molecule has 3 saturated heterocycles. The van der Waals surface area contributed by atoms with Gasteiger partial charge in [0.1, 0.15) is 18.1 Å². The predicted octanol–water partition coefficient (Wildman–Crippen LogP) is 5.79. The molecule has 0 saturated carbocycles. The summed E-state index contributed by atoms with van der Waals surface area (Å²) in [6.45, 7) is 14.9. The molecule has 4 amide bonds. The molecule has 2 N–H and O–H groups in total. The van der Waals surface area contributed by atoms with Gasteiger partial charge in [-0.3, -0.25) is 38.9 Å². The second-order valence-electron chi connectivity index (χ2n) is 20.8. The molecule has 0 aliphatic carbocycles. The van der Waals surface area contributed by atoms with Crippen LogP contribution in [0, 0.1) is 29.1 Å². The van der Waals surface area contributed by atoms with Crippen molar-refractivity contribution < 1.29 is 33.4 Å². The lowest BCUT2D eigenvalue weighted by Crippen LogP contribution is -2.62. The van der Waals surface area contributed by atoms with Crippen molar-refractivity contribution >= 4 is 40.5 Å². The predicted molar refractivity (Wildman–Crippen MR) is 269 cm³/mol. The van der Waals surface area contributed by atoms with E-state index in [0.717, 1.165) is 63.1 Å². The molecule has 8 rings (SSSR count). The molecule has 6 heterocycles. The number of methoxy groups -OCH3 is 1. The number of likely N-dealkylation sites (N-methyl/N-ethyl adjacent to an activating group) is 1. The second kappa shape index (κ2) is 21.1. The largest absolute Gasteiger partial charge is 0.464 e. The van der Waals surface area contributed by atoms with E-state index in [1.54, 1.807) is 25.3 Å². The van der Waals surface area contributed by atoms with E-state index < -0.39 is 47.2 Å². The first-order valence-corrected chi connectivity index (χ1v) is 25.0. The van der Waals surface area contributed by atoms with Crippen LogP contribution >= 0.6 is 0 Å². The Bertz CT molecular complexity index is 2700. The fraction of sp³-hybridized carbons (Fsp3) is 0.527. The number of esters is 1. The fourth-order valence-electron chi connectivity index (χ4n) is 10.7. The Morgan fingerprint density at radius 3 is 2.51 bits per heavy atom. The Morgan fingerprint density at radius 2 is 1.80 bits per heavy atom. The summed E-state index contributed by atoms with van der Waals surface area (Å²) in [6.07, 6.45) is 4.68. The van der Waals surface area contributed by atoms with Crippen LogP contribution in [0.15, 0.2) is 60.8 Å². The topological polar surface area (TPSA) is 159 Å². The van der Waals surface area contributed by atoms with Crippen molar-refractivity contribution in [3.63, 3.8) is 0 Å². The number of aromatic nitrogens is 2. The molecule has 15 heteroatoms. The summed E-state index contributed by atoms with van der Waals surface area (Å²) in [4.78, 5) is 80.6. The minimum Gasteiger partial charge on any atom is -0.464 e. The molecule has 6 atom stereocenters. The van der Waals surface area contributed by atoms with Gasteiger partial charge in [0.2, 0.25) is 11.8 Å². The van der Waals surface area contributed by atoms with Crippen LogP contribution in [0.2, 0.25) is 0 Å². The van der Waals surface area contributed by atoms with E-state index in [1.807, 2.05) is 46.0 Å². The fourth-order valence-corrected chi connectivity index (χ4v) is 10.7. The van der Waals surface area contributed by atoms with E-state index in [-0.39, 0.29) is 49.5 Å². The minimum atomic E-state index is -1.06. The molecule has 2 aromatic carbocycles. The number of carbonyl (C=O) groups excluding carboxylic acids is 5. The van der Waals surface area contributed by atoms with Crippen LogP contribution in [0.3, 0.4) is 0 Å². The van der Waals surface area contributed by atoms with E-state index >= 15 is 0 Å². The smallest absolute Gasteiger partial charge is 0.324 e. The lowest BCUT2D eigenvalue weighted by Gasteiger charge is -2.37. The van der Waals surface area contributed by atoms with Gasteiger partial charge in [-0.15, -0.1) is 0 Å². The third-order valence-electron chi connectivity index (χ3n) is 14.8. The summed E-state index contributed by atoms with van der Waals surface area (Å²) in [5.41, 5.74) is 10.5. The van der Waals surface area contributed by atoms with Crippen LogP contribution < -0.4 is 10.7 Å². The number of ether oxygens (including phenoxy) is 2. The summed E-state index contributed by atoms with van der Waals surface area (Å²) in [7, 11) is 5.29. The summed E-state index contributed by atoms with van der Waals surface area (Å²) < 4.78 is 14.3. The van der Waals surface area contributed by atoms with Crippen LogP contribution in [0.5, 0.6) is 0 Å². The van der Waals surface area contributed by atoms with Gasteiger partial charge in [-0.05, 0) is 111 Å². The van der Waals surface area contributed by atoms with Gasteiger partial charge in [-0.1, -0.05) is 63.9 Å². The van der Waals surface area contributed by atoms with Crippen molar-refractivity contribution in [3.8, 4) is 34.2 Å². The van der Waals surface area contributed by atoms with Crippen LogP contribution in [0.4, 0.5) is 0 Å². The number of aryl methyl sites for hydroxylation is 1. The van der Waals surface area contributed by atoms with Crippen molar-refractivity contribution in [2.45, 2.75) is 117 Å². The summed E-state index contributed by atoms with van der Waals surface area (Å²) in [6, 6.07) is 15.9. The molecule has 6 bridgehead atoms. The Morgan fingerprint density at radius 1 is 1.01 bits per heavy atom. The molecular formula is C55H70N8O7. The highest BCUT2D eigenvalue weighted by molar-refractivity contribution is 5.97. The molecule has 4 aliphatic rings. The highest BCUT2D eigenvalue weighted by atomic mass is 16.5. The Labute approximate surface area is 412 Å². The van der Waals surface area contributed by atoms with Crippen molar-refractivity contribution in [1.29, 1.82) is 0 Å². The van der Waals surface area contributed by atoms with Crippen molar-refractivity contribution in [1.82, 2.24) is 40.0 Å². The van der Waals surface area contributed by atoms with Gasteiger partial charge in [0.15, 0.2) is 0 Å². The van der Waals surface area contributed by atoms with Crippen molar-refractivity contribution in [2.24, 2.45) is 17.3 Å². The van der Waals surface area contributed by atoms with E-state index in [1.165, 1.54) is 9.91 Å². The van der Waals surface area contributed by atoms with Gasteiger partial charge < -0.3 is 29.2 Å². The number of nitrogens with one attached hydrogen (secondary N) is 2. The molecule has 15 nitrogen and oxygen atoms in total. The first kappa shape index (κ1) is 50.3. The average molecular weight is 955 g/mol. The summed E-state index contributed by atoms with van der Waals surface area (Å²) >= 11 is 0. The number of cyclic esters (lactones) is 1. The van der Waals surface area contributed by atoms with Gasteiger partial charge in [0.05, 0.1) is 36.1 Å². The average Bonchev–Trinajstić information content (AvgIpc) is 3.97. The van der Waals surface area contributed by atoms with Gasteiger partial charge in [-0.2, -0.15) is 0 Å². The van der Waals surface area contributed by atoms with Crippen LogP contribution in [0.1, 0.15) is 90.2 Å². The number of carbonyl (C=O) groups is 5. The van der Waals surface area contributed by atoms with E-state index in [0.29, 0.717) is 45.3 Å². The standard InChI is InChI=1S/C55H70N8O7/c1-10-62-46-20-18-38-30-42(46)43(50(62)41-16-12-24-56-48(41)35(4)69-9)31-55(5,6)33-70-54(68)44-17-13-25-63(58-44)53(67)45(29-36-14-11-15-37(38)28-36)57-51(65)49(34(2)3)60(8)52(66)39-22-27-61(32-39)47(64)21-19-40-23-26-59(40)7/h11-12,14-16,18,20,24,28,30,34-35,39-40,44-45,49,58H,10,13,17,22-23,25-27,29,31-33H2,1-9H3,(H,57,65)/t35-,39-,40+,44-,45-,49-/m0/s1. The first-order chi connectivity index (χ1) is 33.5. The zero-order chi connectivity index (χ0) is 50.0. The number of fused-ring (bicyclic) bond motifs is 6. The molecule has 0 radical (unpaired) electrons. The number of nitrogens with zero attached hydrogens (tertiary/aromatic N) is 6. The SMILES string of the molecule is CCn1c(-c2cccnc2[C@H](C)OC)c2c3cc(ccc31)-c1cccc(c1)C[C@H](NC(=O)[C@H](C(C)C)N(C)C(=O)[C@H]1CCN(C(=O)C#C[C@@H]3CCN3C)C1)C(=O)N1CCC[C@H](N1)C(=O)OCC(C)(C)C2. The summed E-state index contributed by atoms with van der Waals surface area (Å²) in [5.74, 6) is 3.17.